The molecule has 0 aliphatic carbocycles. The zero-order valence-corrected chi connectivity index (χ0v) is 17.4. The minimum atomic E-state index is -0.0824. The van der Waals surface area contributed by atoms with Gasteiger partial charge in [0.05, 0.1) is 11.6 Å². The maximum atomic E-state index is 12.9. The number of fused-ring (bicyclic) bond motifs is 1. The van der Waals surface area contributed by atoms with Gasteiger partial charge in [0.15, 0.2) is 0 Å². The van der Waals surface area contributed by atoms with Crippen molar-refractivity contribution in [3.05, 3.63) is 70.4 Å². The number of rotatable bonds is 4. The van der Waals surface area contributed by atoms with Crippen molar-refractivity contribution in [2.75, 3.05) is 13.6 Å². The number of likely N-dealkylation sites (N-methyl/N-ethyl adjacent to an activating group) is 1. The first-order chi connectivity index (χ1) is 14.1. The van der Waals surface area contributed by atoms with Crippen molar-refractivity contribution in [1.29, 1.82) is 0 Å². The number of aryl methyl sites for hydroxylation is 2. The molecule has 150 valence electrons. The van der Waals surface area contributed by atoms with E-state index in [9.17, 15) is 4.79 Å². The third-order valence-corrected chi connectivity index (χ3v) is 6.84. The minimum absolute atomic E-state index is 0.0824. The third kappa shape index (κ3) is 3.16. The summed E-state index contributed by atoms with van der Waals surface area (Å²) < 4.78 is 2.48. The fourth-order valence-corrected chi connectivity index (χ4v) is 5.28. The van der Waals surface area contributed by atoms with E-state index in [0.717, 1.165) is 25.9 Å². The molecule has 4 heteroatoms. The van der Waals surface area contributed by atoms with Crippen LogP contribution < -0.4 is 5.32 Å². The predicted octanol–water partition coefficient (Wildman–Crippen LogP) is 3.61. The fraction of sp³-hybridized carbons (Fsp3) is 0.400. The second-order valence-electron chi connectivity index (χ2n) is 8.58. The number of nitrogens with zero attached hydrogens (tertiary/aromatic N) is 2. The SMILES string of the molecule is Cc1c(CCNC(=O)[C@@H]2Cc3ccccc3CN2C)c2cccc3c2n1CCC3. The van der Waals surface area contributed by atoms with E-state index < -0.39 is 0 Å². The lowest BCUT2D eigenvalue weighted by Gasteiger charge is -2.33. The molecule has 5 rings (SSSR count). The molecule has 0 bridgehead atoms. The van der Waals surface area contributed by atoms with Crippen LogP contribution in [0.25, 0.3) is 10.9 Å². The highest BCUT2D eigenvalue weighted by molar-refractivity contribution is 5.89. The molecule has 0 saturated carbocycles. The van der Waals surface area contributed by atoms with Gasteiger partial charge in [0.2, 0.25) is 5.91 Å². The molecule has 2 aromatic carbocycles. The standard InChI is InChI=1S/C25H29N3O/c1-17-21(22-11-5-9-18-10-6-14-28(17)24(18)22)12-13-26-25(29)23-15-19-7-3-4-8-20(19)16-27(23)2/h3-5,7-9,11,23H,6,10,12-16H2,1-2H3,(H,26,29)/t23-/m0/s1. The van der Waals surface area contributed by atoms with Gasteiger partial charge in [-0.05, 0) is 61.9 Å². The highest BCUT2D eigenvalue weighted by Crippen LogP contribution is 2.32. The number of benzene rings is 2. The van der Waals surface area contributed by atoms with Crippen molar-refractivity contribution in [1.82, 2.24) is 14.8 Å². The summed E-state index contributed by atoms with van der Waals surface area (Å²) in [5.74, 6) is 0.147. The van der Waals surface area contributed by atoms with Gasteiger partial charge in [-0.25, -0.2) is 0 Å². The Morgan fingerprint density at radius 3 is 2.76 bits per heavy atom. The lowest BCUT2D eigenvalue weighted by Crippen LogP contribution is -2.48. The van der Waals surface area contributed by atoms with E-state index in [-0.39, 0.29) is 11.9 Å². The molecule has 0 fully saturated rings. The first-order valence-corrected chi connectivity index (χ1v) is 10.8. The molecule has 3 aromatic rings. The first kappa shape index (κ1) is 18.4. The van der Waals surface area contributed by atoms with Crippen LogP contribution >= 0.6 is 0 Å². The normalized spacial score (nSPS) is 18.6. The molecule has 1 aromatic heterocycles. The Kier molecular flexibility index (Phi) is 4.67. The van der Waals surface area contributed by atoms with Gasteiger partial charge in [0.1, 0.15) is 0 Å². The number of nitrogens with one attached hydrogen (secondary N) is 1. The van der Waals surface area contributed by atoms with Crippen molar-refractivity contribution in [2.45, 2.75) is 51.7 Å². The summed E-state index contributed by atoms with van der Waals surface area (Å²) in [6.07, 6.45) is 4.07. The zero-order chi connectivity index (χ0) is 20.0. The van der Waals surface area contributed by atoms with E-state index in [1.165, 1.54) is 51.7 Å². The molecular weight excluding hydrogens is 358 g/mol. The Morgan fingerprint density at radius 1 is 1.10 bits per heavy atom. The maximum Gasteiger partial charge on any atom is 0.237 e. The second kappa shape index (κ2) is 7.34. The summed E-state index contributed by atoms with van der Waals surface area (Å²) in [6.45, 7) is 4.87. The summed E-state index contributed by atoms with van der Waals surface area (Å²) in [5.41, 5.74) is 8.28. The Balaban J connectivity index is 1.29. The first-order valence-electron chi connectivity index (χ1n) is 10.8. The molecule has 2 aliphatic rings. The van der Waals surface area contributed by atoms with E-state index in [2.05, 4.69) is 71.2 Å². The van der Waals surface area contributed by atoms with Gasteiger partial charge in [-0.15, -0.1) is 0 Å². The average molecular weight is 388 g/mol. The second-order valence-corrected chi connectivity index (χ2v) is 8.58. The van der Waals surface area contributed by atoms with Gasteiger partial charge in [-0.3, -0.25) is 9.69 Å². The van der Waals surface area contributed by atoms with Gasteiger partial charge in [0.25, 0.3) is 0 Å². The van der Waals surface area contributed by atoms with Gasteiger partial charge in [0, 0.05) is 30.7 Å². The van der Waals surface area contributed by atoms with Gasteiger partial charge in [-0.1, -0.05) is 42.5 Å². The van der Waals surface area contributed by atoms with Crippen LogP contribution in [0.2, 0.25) is 0 Å². The quantitative estimate of drug-likeness (QED) is 0.743. The minimum Gasteiger partial charge on any atom is -0.354 e. The van der Waals surface area contributed by atoms with E-state index in [1.807, 2.05) is 0 Å². The molecule has 1 amide bonds. The van der Waals surface area contributed by atoms with Crippen LogP contribution in [-0.4, -0.2) is 35.0 Å². The van der Waals surface area contributed by atoms with Crippen molar-refractivity contribution in [3.8, 4) is 0 Å². The summed E-state index contributed by atoms with van der Waals surface area (Å²) in [7, 11) is 2.05. The van der Waals surface area contributed by atoms with E-state index >= 15 is 0 Å². The highest BCUT2D eigenvalue weighted by Gasteiger charge is 2.28. The number of hydrogen-bond donors (Lipinski definition) is 1. The summed E-state index contributed by atoms with van der Waals surface area (Å²) >= 11 is 0. The molecule has 0 radical (unpaired) electrons. The molecule has 29 heavy (non-hydrogen) atoms. The summed E-state index contributed by atoms with van der Waals surface area (Å²) in [5, 5.41) is 4.59. The van der Waals surface area contributed by atoms with E-state index in [1.54, 1.807) is 0 Å². The Labute approximate surface area is 172 Å². The molecule has 0 saturated heterocycles. The molecule has 4 nitrogen and oxygen atoms in total. The van der Waals surface area contributed by atoms with E-state index in [0.29, 0.717) is 6.54 Å². The van der Waals surface area contributed by atoms with Crippen LogP contribution in [-0.2, 0) is 37.1 Å². The Morgan fingerprint density at radius 2 is 1.90 bits per heavy atom. The number of amides is 1. The molecule has 1 N–H and O–H groups in total. The van der Waals surface area contributed by atoms with Gasteiger partial charge < -0.3 is 9.88 Å². The van der Waals surface area contributed by atoms with Crippen LogP contribution in [0.5, 0.6) is 0 Å². The molecule has 2 aliphatic heterocycles. The fourth-order valence-electron chi connectivity index (χ4n) is 5.28. The smallest absolute Gasteiger partial charge is 0.237 e. The molecule has 0 unspecified atom stereocenters. The Bertz CT molecular complexity index is 1080. The van der Waals surface area contributed by atoms with Crippen LogP contribution in [0.3, 0.4) is 0 Å². The van der Waals surface area contributed by atoms with Gasteiger partial charge in [-0.2, -0.15) is 0 Å². The third-order valence-electron chi connectivity index (χ3n) is 6.84. The predicted molar refractivity (Wildman–Crippen MR) is 117 cm³/mol. The average Bonchev–Trinajstić information content (AvgIpc) is 3.01. The Hall–Kier alpha value is -2.59. The lowest BCUT2D eigenvalue weighted by molar-refractivity contribution is -0.126. The van der Waals surface area contributed by atoms with Crippen molar-refractivity contribution in [3.63, 3.8) is 0 Å². The number of carbonyl (C=O) groups is 1. The number of hydrogen-bond acceptors (Lipinski definition) is 2. The van der Waals surface area contributed by atoms with Crippen LogP contribution in [0.4, 0.5) is 0 Å². The number of carbonyl (C=O) groups excluding carboxylic acids is 1. The van der Waals surface area contributed by atoms with Crippen molar-refractivity contribution in [2.24, 2.45) is 0 Å². The van der Waals surface area contributed by atoms with Crippen LogP contribution in [0, 0.1) is 6.92 Å². The molecule has 0 spiro atoms. The van der Waals surface area contributed by atoms with Crippen molar-refractivity contribution < 1.29 is 4.79 Å². The van der Waals surface area contributed by atoms with E-state index in [4.69, 9.17) is 0 Å². The molecule has 1 atom stereocenters. The molecule has 3 heterocycles. The summed E-state index contributed by atoms with van der Waals surface area (Å²) in [4.78, 5) is 15.1. The number of aromatic nitrogens is 1. The van der Waals surface area contributed by atoms with Crippen molar-refractivity contribution >= 4 is 16.8 Å². The van der Waals surface area contributed by atoms with Gasteiger partial charge >= 0.3 is 0 Å². The number of para-hydroxylation sites is 1. The van der Waals surface area contributed by atoms with Crippen LogP contribution in [0.1, 0.15) is 34.4 Å². The molecular formula is C25H29N3O. The summed E-state index contributed by atoms with van der Waals surface area (Å²) in [6, 6.07) is 15.1. The largest absolute Gasteiger partial charge is 0.354 e. The monoisotopic (exact) mass is 387 g/mol. The topological polar surface area (TPSA) is 37.3 Å². The zero-order valence-electron chi connectivity index (χ0n) is 17.4. The highest BCUT2D eigenvalue weighted by atomic mass is 16.2. The van der Waals surface area contributed by atoms with Crippen LogP contribution in [0.15, 0.2) is 42.5 Å². The maximum absolute atomic E-state index is 12.9. The lowest BCUT2D eigenvalue weighted by atomic mass is 9.94.